The first kappa shape index (κ1) is 60.3. The van der Waals surface area contributed by atoms with E-state index in [9.17, 15) is 28.9 Å². The summed E-state index contributed by atoms with van der Waals surface area (Å²) >= 11 is 0. The van der Waals surface area contributed by atoms with Gasteiger partial charge in [0.05, 0.1) is 13.2 Å². The SMILES string of the molecule is CCCCCCCCCCCCCCCCCC(=O)OCC(COP(=O)(O)OCCNC(CSSc1ccccn1)C(=O)O)OC(=O)CCCCCCCCCCCCCCCCC. The molecule has 0 radical (unpaired) electrons. The largest absolute Gasteiger partial charge is 0.480 e. The molecule has 3 atom stereocenters. The monoisotopic (exact) mass is 961 g/mol. The summed E-state index contributed by atoms with van der Waals surface area (Å²) in [7, 11) is -1.95. The van der Waals surface area contributed by atoms with Crippen LogP contribution in [0.5, 0.6) is 0 Å². The van der Waals surface area contributed by atoms with Gasteiger partial charge in [-0.05, 0) is 35.8 Å². The maximum Gasteiger partial charge on any atom is 0.472 e. The van der Waals surface area contributed by atoms with Crippen molar-refractivity contribution in [2.24, 2.45) is 0 Å². The number of unbranched alkanes of at least 4 members (excludes halogenated alkanes) is 28. The Morgan fingerprint density at radius 1 is 0.641 bits per heavy atom. The van der Waals surface area contributed by atoms with Crippen molar-refractivity contribution in [2.75, 3.05) is 32.1 Å². The molecule has 1 aromatic heterocycles. The summed E-state index contributed by atoms with van der Waals surface area (Å²) in [5.41, 5.74) is 0. The molecular weight excluding hydrogens is 872 g/mol. The van der Waals surface area contributed by atoms with Crippen molar-refractivity contribution in [1.82, 2.24) is 10.3 Å². The van der Waals surface area contributed by atoms with E-state index in [1.54, 1.807) is 12.3 Å². The number of nitrogens with one attached hydrogen (secondary N) is 1. The van der Waals surface area contributed by atoms with Gasteiger partial charge in [-0.2, -0.15) is 0 Å². The van der Waals surface area contributed by atoms with Crippen molar-refractivity contribution in [3.63, 3.8) is 0 Å². The quantitative estimate of drug-likeness (QED) is 0.0244. The number of hydrogen-bond acceptors (Lipinski definition) is 12. The summed E-state index contributed by atoms with van der Waals surface area (Å²) < 4.78 is 34.0. The minimum Gasteiger partial charge on any atom is -0.480 e. The number of phosphoric ester groups is 1. The topological polar surface area (TPSA) is 171 Å². The summed E-state index contributed by atoms with van der Waals surface area (Å²) in [5.74, 6) is -1.76. The summed E-state index contributed by atoms with van der Waals surface area (Å²) in [6, 6.07) is 4.54. The molecular formula is C49H89N2O10PS2. The molecule has 0 aromatic carbocycles. The minimum atomic E-state index is -4.62. The van der Waals surface area contributed by atoms with E-state index in [0.29, 0.717) is 12.8 Å². The number of aliphatic carboxylic acids is 1. The van der Waals surface area contributed by atoms with Gasteiger partial charge in [0.25, 0.3) is 0 Å². The van der Waals surface area contributed by atoms with Gasteiger partial charge >= 0.3 is 25.7 Å². The van der Waals surface area contributed by atoms with Crippen LogP contribution >= 0.6 is 29.4 Å². The molecule has 3 N–H and O–H groups in total. The average molecular weight is 961 g/mol. The number of hydrogen-bond donors (Lipinski definition) is 3. The second kappa shape index (κ2) is 43.9. The third-order valence-corrected chi connectivity index (χ3v) is 14.4. The highest BCUT2D eigenvalue weighted by molar-refractivity contribution is 8.76. The Balaban J connectivity index is 2.41. The van der Waals surface area contributed by atoms with Crippen LogP contribution < -0.4 is 5.32 Å². The summed E-state index contributed by atoms with van der Waals surface area (Å²) in [6.45, 7) is 3.34. The Kier molecular flexibility index (Phi) is 41.4. The molecule has 1 heterocycles. The Morgan fingerprint density at radius 2 is 1.09 bits per heavy atom. The number of ether oxygens (including phenoxy) is 2. The first-order valence-corrected chi connectivity index (χ1v) is 29.1. The molecule has 0 fully saturated rings. The van der Waals surface area contributed by atoms with Crippen LogP contribution in [0.25, 0.3) is 0 Å². The van der Waals surface area contributed by atoms with Crippen LogP contribution in [0.3, 0.4) is 0 Å². The summed E-state index contributed by atoms with van der Waals surface area (Å²) in [6.07, 6.45) is 37.7. The maximum absolute atomic E-state index is 12.8. The fourth-order valence-corrected chi connectivity index (χ4v) is 10.1. The van der Waals surface area contributed by atoms with E-state index in [0.717, 1.165) is 43.6 Å². The lowest BCUT2D eigenvalue weighted by molar-refractivity contribution is -0.161. The van der Waals surface area contributed by atoms with E-state index in [1.165, 1.54) is 163 Å². The third-order valence-electron chi connectivity index (χ3n) is 11.2. The zero-order chi connectivity index (χ0) is 46.6. The maximum atomic E-state index is 12.8. The van der Waals surface area contributed by atoms with Gasteiger partial charge in [-0.15, -0.1) is 0 Å². The van der Waals surface area contributed by atoms with Gasteiger partial charge < -0.3 is 24.8 Å². The highest BCUT2D eigenvalue weighted by Gasteiger charge is 2.27. The number of rotatable bonds is 48. The fraction of sp³-hybridized carbons (Fsp3) is 0.837. The predicted molar refractivity (Wildman–Crippen MR) is 264 cm³/mol. The lowest BCUT2D eigenvalue weighted by Gasteiger charge is -2.20. The van der Waals surface area contributed by atoms with Crippen LogP contribution in [-0.4, -0.2) is 77.2 Å². The molecule has 0 aliphatic rings. The molecule has 15 heteroatoms. The van der Waals surface area contributed by atoms with E-state index < -0.39 is 44.5 Å². The standard InChI is InChI=1S/C49H89N2O10PS2/c1-3-5-7-9-11-13-15-17-19-21-23-25-27-29-31-36-47(52)58-41-44(61-48(53)37-32-30-28-26-24-22-20-18-16-14-12-10-8-6-4-2)42-60-62(56,57)59-40-39-50-45(49(54)55)43-63-64-46-35-33-34-38-51-46/h33-35,38,44-45,50H,3-32,36-37,39-43H2,1-2H3,(H,54,55)(H,56,57). The molecule has 64 heavy (non-hydrogen) atoms. The number of carbonyl (C=O) groups excluding carboxylic acids is 2. The predicted octanol–water partition coefficient (Wildman–Crippen LogP) is 14.0. The molecule has 0 amide bonds. The zero-order valence-corrected chi connectivity index (χ0v) is 42.5. The highest BCUT2D eigenvalue weighted by Crippen LogP contribution is 2.43. The summed E-state index contributed by atoms with van der Waals surface area (Å²) in [4.78, 5) is 51.8. The molecule has 1 rings (SSSR count). The Labute approximate surface area is 396 Å². The van der Waals surface area contributed by atoms with Gasteiger partial charge in [-0.1, -0.05) is 210 Å². The van der Waals surface area contributed by atoms with Gasteiger partial charge in [-0.3, -0.25) is 23.4 Å². The van der Waals surface area contributed by atoms with E-state index in [1.807, 2.05) is 12.1 Å². The number of phosphoric acid groups is 1. The Hall–Kier alpha value is -1.67. The fourth-order valence-electron chi connectivity index (χ4n) is 7.29. The van der Waals surface area contributed by atoms with Gasteiger partial charge in [0.2, 0.25) is 0 Å². The third kappa shape index (κ3) is 39.5. The van der Waals surface area contributed by atoms with Crippen molar-refractivity contribution in [1.29, 1.82) is 0 Å². The van der Waals surface area contributed by atoms with Crippen LogP contribution in [-0.2, 0) is 37.5 Å². The smallest absolute Gasteiger partial charge is 0.472 e. The van der Waals surface area contributed by atoms with Crippen LogP contribution in [0.15, 0.2) is 29.4 Å². The van der Waals surface area contributed by atoms with Crippen LogP contribution in [0.4, 0.5) is 0 Å². The molecule has 1 aromatic rings. The number of carbonyl (C=O) groups is 3. The number of esters is 2. The average Bonchev–Trinajstić information content (AvgIpc) is 3.28. The lowest BCUT2D eigenvalue weighted by atomic mass is 10.0. The second-order valence-corrected chi connectivity index (χ2v) is 21.0. The Morgan fingerprint density at radius 3 is 1.53 bits per heavy atom. The molecule has 0 saturated carbocycles. The van der Waals surface area contributed by atoms with Gasteiger partial charge in [0.15, 0.2) is 6.10 Å². The minimum absolute atomic E-state index is 0.0335. The van der Waals surface area contributed by atoms with Crippen molar-refractivity contribution >= 4 is 47.3 Å². The first-order valence-electron chi connectivity index (χ1n) is 25.3. The van der Waals surface area contributed by atoms with Crippen molar-refractivity contribution in [2.45, 2.75) is 236 Å². The zero-order valence-electron chi connectivity index (χ0n) is 40.0. The molecule has 0 saturated heterocycles. The molecule has 372 valence electrons. The first-order chi connectivity index (χ1) is 31.2. The van der Waals surface area contributed by atoms with Crippen LogP contribution in [0.1, 0.15) is 219 Å². The molecule has 0 aliphatic carbocycles. The van der Waals surface area contributed by atoms with Crippen molar-refractivity contribution in [3.8, 4) is 0 Å². The van der Waals surface area contributed by atoms with Gasteiger partial charge in [-0.25, -0.2) is 9.55 Å². The van der Waals surface area contributed by atoms with Crippen molar-refractivity contribution in [3.05, 3.63) is 24.4 Å². The number of pyridine rings is 1. The van der Waals surface area contributed by atoms with Crippen LogP contribution in [0, 0.1) is 0 Å². The molecule has 0 aliphatic heterocycles. The normalized spacial score (nSPS) is 13.4. The van der Waals surface area contributed by atoms with E-state index in [2.05, 4.69) is 24.1 Å². The molecule has 0 spiro atoms. The molecule has 0 bridgehead atoms. The van der Waals surface area contributed by atoms with Crippen LogP contribution in [0.2, 0.25) is 0 Å². The van der Waals surface area contributed by atoms with Gasteiger partial charge in [0, 0.05) is 31.3 Å². The van der Waals surface area contributed by atoms with Gasteiger partial charge in [0.1, 0.15) is 17.7 Å². The number of aromatic nitrogens is 1. The second-order valence-electron chi connectivity index (χ2n) is 17.2. The van der Waals surface area contributed by atoms with E-state index in [-0.39, 0.29) is 38.4 Å². The Bertz CT molecular complexity index is 1300. The molecule has 3 unspecified atom stereocenters. The highest BCUT2D eigenvalue weighted by atomic mass is 33.1. The number of carboxylic acids is 1. The van der Waals surface area contributed by atoms with E-state index >= 15 is 0 Å². The van der Waals surface area contributed by atoms with Crippen molar-refractivity contribution < 1.29 is 47.5 Å². The number of nitrogens with zero attached hydrogens (tertiary/aromatic N) is 1. The number of carboxylic acid groups (broad SMARTS) is 1. The van der Waals surface area contributed by atoms with E-state index in [4.69, 9.17) is 18.5 Å². The summed E-state index contributed by atoms with van der Waals surface area (Å²) in [5, 5.41) is 13.2. The lowest BCUT2D eigenvalue weighted by Crippen LogP contribution is -2.40. The molecule has 12 nitrogen and oxygen atoms in total.